The van der Waals surface area contributed by atoms with Crippen LogP contribution in [-0.4, -0.2) is 59.7 Å². The van der Waals surface area contributed by atoms with Gasteiger partial charge in [-0.25, -0.2) is 0 Å². The molecule has 3 amide bonds. The monoisotopic (exact) mass is 395 g/mol. The lowest BCUT2D eigenvalue weighted by atomic mass is 10.0. The van der Waals surface area contributed by atoms with Gasteiger partial charge in [-0.3, -0.25) is 14.4 Å². The summed E-state index contributed by atoms with van der Waals surface area (Å²) in [4.78, 5) is 43.0. The third-order valence-electron chi connectivity index (χ3n) is 6.19. The van der Waals surface area contributed by atoms with Crippen LogP contribution in [0.1, 0.15) is 50.5 Å². The number of nitrogens with zero attached hydrogens (tertiary/aromatic N) is 3. The Morgan fingerprint density at radius 2 is 1.62 bits per heavy atom. The number of carbonyl (C=O) groups is 3. The van der Waals surface area contributed by atoms with Gasteiger partial charge in [0.25, 0.3) is 0 Å². The highest BCUT2D eigenvalue weighted by molar-refractivity contribution is 5.97. The number of rotatable bonds is 4. The van der Waals surface area contributed by atoms with Crippen LogP contribution in [0, 0.1) is 0 Å². The van der Waals surface area contributed by atoms with Gasteiger partial charge in [-0.15, -0.1) is 0 Å². The number of anilines is 1. The Bertz CT molecular complexity index is 796. The van der Waals surface area contributed by atoms with Gasteiger partial charge >= 0.3 is 0 Å². The Balaban J connectivity index is 1.41. The van der Waals surface area contributed by atoms with Crippen molar-refractivity contribution < 1.29 is 14.4 Å². The average Bonchev–Trinajstić information content (AvgIpc) is 3.44. The van der Waals surface area contributed by atoms with E-state index in [1.807, 2.05) is 29.2 Å². The molecule has 0 aliphatic carbocycles. The SMILES string of the molecule is O=C(C1CCCCN1C(=O)/C=C/c1ccc(N2CCCC2=O)cc1)N1CCCC1. The second kappa shape index (κ2) is 8.80. The van der Waals surface area contributed by atoms with Gasteiger partial charge in [-0.2, -0.15) is 0 Å². The van der Waals surface area contributed by atoms with Crippen molar-refractivity contribution in [3.8, 4) is 0 Å². The Hall–Kier alpha value is -2.63. The van der Waals surface area contributed by atoms with Crippen LogP contribution < -0.4 is 4.90 Å². The predicted molar refractivity (Wildman–Crippen MR) is 112 cm³/mol. The number of benzene rings is 1. The molecule has 0 spiro atoms. The molecule has 0 N–H and O–H groups in total. The molecule has 3 fully saturated rings. The maximum absolute atomic E-state index is 12.9. The smallest absolute Gasteiger partial charge is 0.247 e. The van der Waals surface area contributed by atoms with Crippen LogP contribution in [0.3, 0.4) is 0 Å². The van der Waals surface area contributed by atoms with Gasteiger partial charge < -0.3 is 14.7 Å². The van der Waals surface area contributed by atoms with Crippen molar-refractivity contribution in [1.82, 2.24) is 9.80 Å². The summed E-state index contributed by atoms with van der Waals surface area (Å²) >= 11 is 0. The van der Waals surface area contributed by atoms with Crippen LogP contribution in [0.15, 0.2) is 30.3 Å². The average molecular weight is 396 g/mol. The number of likely N-dealkylation sites (tertiary alicyclic amines) is 2. The number of hydrogen-bond acceptors (Lipinski definition) is 3. The Labute approximate surface area is 172 Å². The first kappa shape index (κ1) is 19.7. The van der Waals surface area contributed by atoms with Crippen LogP contribution in [0.4, 0.5) is 5.69 Å². The van der Waals surface area contributed by atoms with Crippen molar-refractivity contribution in [1.29, 1.82) is 0 Å². The topological polar surface area (TPSA) is 60.9 Å². The first-order valence-electron chi connectivity index (χ1n) is 10.8. The second-order valence-corrected chi connectivity index (χ2v) is 8.15. The van der Waals surface area contributed by atoms with E-state index in [2.05, 4.69) is 0 Å². The summed E-state index contributed by atoms with van der Waals surface area (Å²) in [6.07, 6.45) is 9.71. The molecular weight excluding hydrogens is 366 g/mol. The lowest BCUT2D eigenvalue weighted by Gasteiger charge is -2.36. The normalized spacial score (nSPS) is 22.7. The van der Waals surface area contributed by atoms with Crippen LogP contribution in [0.25, 0.3) is 6.08 Å². The van der Waals surface area contributed by atoms with Crippen molar-refractivity contribution in [3.63, 3.8) is 0 Å². The van der Waals surface area contributed by atoms with E-state index in [0.717, 1.165) is 69.4 Å². The first-order chi connectivity index (χ1) is 14.1. The number of hydrogen-bond donors (Lipinski definition) is 0. The molecule has 154 valence electrons. The van der Waals surface area contributed by atoms with E-state index in [-0.39, 0.29) is 23.8 Å². The zero-order valence-electron chi connectivity index (χ0n) is 16.9. The lowest BCUT2D eigenvalue weighted by molar-refractivity contribution is -0.144. The van der Waals surface area contributed by atoms with Gasteiger partial charge in [0.15, 0.2) is 0 Å². The highest BCUT2D eigenvalue weighted by Crippen LogP contribution is 2.23. The highest BCUT2D eigenvalue weighted by Gasteiger charge is 2.34. The summed E-state index contributed by atoms with van der Waals surface area (Å²) in [5.41, 5.74) is 1.82. The van der Waals surface area contributed by atoms with Crippen LogP contribution in [0.5, 0.6) is 0 Å². The van der Waals surface area contributed by atoms with E-state index in [4.69, 9.17) is 0 Å². The van der Waals surface area contributed by atoms with E-state index in [0.29, 0.717) is 13.0 Å². The van der Waals surface area contributed by atoms with Gasteiger partial charge in [0, 0.05) is 44.4 Å². The van der Waals surface area contributed by atoms with E-state index in [1.165, 1.54) is 0 Å². The predicted octanol–water partition coefficient (Wildman–Crippen LogP) is 2.83. The summed E-state index contributed by atoms with van der Waals surface area (Å²) in [5.74, 6) is 0.187. The molecule has 29 heavy (non-hydrogen) atoms. The zero-order valence-corrected chi connectivity index (χ0v) is 16.9. The zero-order chi connectivity index (χ0) is 20.2. The summed E-state index contributed by atoms with van der Waals surface area (Å²) in [7, 11) is 0. The van der Waals surface area contributed by atoms with Crippen molar-refractivity contribution in [2.75, 3.05) is 31.1 Å². The Morgan fingerprint density at radius 3 is 2.31 bits per heavy atom. The fourth-order valence-electron chi connectivity index (χ4n) is 4.55. The quantitative estimate of drug-likeness (QED) is 0.737. The molecule has 6 heteroatoms. The third-order valence-corrected chi connectivity index (χ3v) is 6.19. The Morgan fingerprint density at radius 1 is 0.897 bits per heavy atom. The van der Waals surface area contributed by atoms with Gasteiger partial charge in [0.1, 0.15) is 6.04 Å². The fraction of sp³-hybridized carbons (Fsp3) is 0.522. The lowest BCUT2D eigenvalue weighted by Crippen LogP contribution is -2.52. The van der Waals surface area contributed by atoms with E-state index in [9.17, 15) is 14.4 Å². The molecule has 0 bridgehead atoms. The second-order valence-electron chi connectivity index (χ2n) is 8.15. The van der Waals surface area contributed by atoms with Gasteiger partial charge in [0.2, 0.25) is 17.7 Å². The van der Waals surface area contributed by atoms with Gasteiger partial charge in [-0.1, -0.05) is 12.1 Å². The fourth-order valence-corrected chi connectivity index (χ4v) is 4.55. The maximum atomic E-state index is 12.9. The number of amides is 3. The van der Waals surface area contributed by atoms with Gasteiger partial charge in [-0.05, 0) is 62.3 Å². The van der Waals surface area contributed by atoms with Crippen molar-refractivity contribution in [3.05, 3.63) is 35.9 Å². The molecule has 1 unspecified atom stereocenters. The molecule has 1 aromatic rings. The molecule has 3 heterocycles. The molecule has 3 aliphatic heterocycles. The molecule has 0 radical (unpaired) electrons. The minimum atomic E-state index is -0.317. The van der Waals surface area contributed by atoms with Crippen LogP contribution in [0.2, 0.25) is 0 Å². The van der Waals surface area contributed by atoms with Crippen LogP contribution >= 0.6 is 0 Å². The summed E-state index contributed by atoms with van der Waals surface area (Å²) in [5, 5.41) is 0. The number of carbonyl (C=O) groups excluding carboxylic acids is 3. The molecule has 0 aromatic heterocycles. The van der Waals surface area contributed by atoms with Gasteiger partial charge in [0.05, 0.1) is 0 Å². The largest absolute Gasteiger partial charge is 0.341 e. The van der Waals surface area contributed by atoms with E-state index < -0.39 is 0 Å². The third kappa shape index (κ3) is 4.36. The van der Waals surface area contributed by atoms with Crippen LogP contribution in [-0.2, 0) is 14.4 Å². The molecule has 4 rings (SSSR count). The molecule has 3 saturated heterocycles. The summed E-state index contributed by atoms with van der Waals surface area (Å²) in [6, 6.07) is 7.38. The van der Waals surface area contributed by atoms with Crippen molar-refractivity contribution in [2.24, 2.45) is 0 Å². The minimum absolute atomic E-state index is 0.0963. The summed E-state index contributed by atoms with van der Waals surface area (Å²) in [6.45, 7) is 3.05. The Kier molecular flexibility index (Phi) is 5.97. The molecule has 1 atom stereocenters. The molecule has 6 nitrogen and oxygen atoms in total. The summed E-state index contributed by atoms with van der Waals surface area (Å²) < 4.78 is 0. The first-order valence-corrected chi connectivity index (χ1v) is 10.8. The standard InChI is InChI=1S/C23H29N3O3/c27-21-7-5-17-25(21)19-11-8-18(9-12-19)10-13-22(28)26-16-2-1-6-20(26)23(29)24-14-3-4-15-24/h8-13,20H,1-7,14-17H2/b13-10+. The molecular formula is C23H29N3O3. The van der Waals surface area contributed by atoms with Crippen molar-refractivity contribution in [2.45, 2.75) is 51.0 Å². The molecule has 1 aromatic carbocycles. The van der Waals surface area contributed by atoms with E-state index >= 15 is 0 Å². The van der Waals surface area contributed by atoms with Crippen molar-refractivity contribution >= 4 is 29.5 Å². The van der Waals surface area contributed by atoms with E-state index in [1.54, 1.807) is 22.0 Å². The number of piperidine rings is 1. The maximum Gasteiger partial charge on any atom is 0.247 e. The molecule has 0 saturated carbocycles. The highest BCUT2D eigenvalue weighted by atomic mass is 16.2. The minimum Gasteiger partial charge on any atom is -0.341 e. The molecule has 3 aliphatic rings.